The summed E-state index contributed by atoms with van der Waals surface area (Å²) in [5.74, 6) is 0.389. The first-order valence-electron chi connectivity index (χ1n) is 15.6. The quantitative estimate of drug-likeness (QED) is 0.0721. The van der Waals surface area contributed by atoms with Crippen LogP contribution in [0.25, 0.3) is 32.8 Å². The molecule has 0 bridgehead atoms. The third kappa shape index (κ3) is 7.22. The average Bonchev–Trinajstić information content (AvgIpc) is 3.55. The predicted molar refractivity (Wildman–Crippen MR) is 177 cm³/mol. The number of aliphatic hydroxyl groups is 3. The molecular weight excluding hydrogens is 613 g/mol. The van der Waals surface area contributed by atoms with Crippen molar-refractivity contribution in [3.05, 3.63) is 82.0 Å². The van der Waals surface area contributed by atoms with Crippen LogP contribution in [0.2, 0.25) is 5.02 Å². The van der Waals surface area contributed by atoms with E-state index in [1.54, 1.807) is 6.07 Å². The number of nitrogens with zero attached hydrogens (tertiary/aromatic N) is 2. The van der Waals surface area contributed by atoms with Crippen molar-refractivity contribution in [1.82, 2.24) is 14.8 Å². The topological polar surface area (TPSA) is 122 Å². The van der Waals surface area contributed by atoms with E-state index in [0.29, 0.717) is 54.6 Å². The van der Waals surface area contributed by atoms with Crippen LogP contribution in [-0.2, 0) is 36.0 Å². The molecule has 5 rings (SSSR count). The highest BCUT2D eigenvalue weighted by Gasteiger charge is 2.26. The number of aromatic nitrogens is 3. The van der Waals surface area contributed by atoms with Crippen molar-refractivity contribution in [2.24, 2.45) is 7.05 Å². The summed E-state index contributed by atoms with van der Waals surface area (Å²) >= 11 is 6.93. The fourth-order valence-corrected chi connectivity index (χ4v) is 6.25. The maximum atomic E-state index is 13.7. The van der Waals surface area contributed by atoms with Gasteiger partial charge in [0.1, 0.15) is 11.6 Å². The molecule has 246 valence electrons. The second-order valence-corrected chi connectivity index (χ2v) is 11.6. The van der Waals surface area contributed by atoms with Gasteiger partial charge in [-0.3, -0.25) is 4.68 Å². The van der Waals surface area contributed by atoms with Crippen molar-refractivity contribution in [2.75, 3.05) is 26.4 Å². The van der Waals surface area contributed by atoms with Crippen LogP contribution in [0.15, 0.2) is 48.5 Å². The molecule has 5 aromatic rings. The molecule has 0 aliphatic carbocycles. The van der Waals surface area contributed by atoms with Gasteiger partial charge in [0.05, 0.1) is 47.9 Å². The van der Waals surface area contributed by atoms with Gasteiger partial charge in [0, 0.05) is 47.9 Å². The van der Waals surface area contributed by atoms with Crippen molar-refractivity contribution in [3.8, 4) is 16.9 Å². The summed E-state index contributed by atoms with van der Waals surface area (Å²) in [7, 11) is 1.87. The van der Waals surface area contributed by atoms with Gasteiger partial charge in [0.25, 0.3) is 0 Å². The van der Waals surface area contributed by atoms with Crippen molar-refractivity contribution < 1.29 is 33.9 Å². The monoisotopic (exact) mass is 653 g/mol. The summed E-state index contributed by atoms with van der Waals surface area (Å²) in [6.07, 6.45) is 0.157. The molecule has 0 aliphatic rings. The van der Waals surface area contributed by atoms with Crippen molar-refractivity contribution >= 4 is 33.3 Å². The Morgan fingerprint density at radius 3 is 2.63 bits per heavy atom. The van der Waals surface area contributed by atoms with E-state index in [1.807, 2.05) is 55.9 Å². The van der Waals surface area contributed by atoms with Gasteiger partial charge in [-0.15, -0.1) is 0 Å². The maximum absolute atomic E-state index is 13.7. The lowest BCUT2D eigenvalue weighted by molar-refractivity contribution is -0.101. The van der Waals surface area contributed by atoms with Crippen LogP contribution >= 0.6 is 11.6 Å². The van der Waals surface area contributed by atoms with Gasteiger partial charge < -0.3 is 34.5 Å². The molecule has 2 unspecified atom stereocenters. The third-order valence-corrected chi connectivity index (χ3v) is 8.42. The van der Waals surface area contributed by atoms with Gasteiger partial charge in [-0.1, -0.05) is 36.7 Å². The number of fused-ring (bicyclic) bond motifs is 2. The van der Waals surface area contributed by atoms with Crippen LogP contribution in [-0.4, -0.2) is 62.6 Å². The highest BCUT2D eigenvalue weighted by Crippen LogP contribution is 2.42. The molecule has 0 aliphatic heterocycles. The fourth-order valence-electron chi connectivity index (χ4n) is 6.00. The van der Waals surface area contributed by atoms with Crippen LogP contribution in [0.4, 0.5) is 4.39 Å². The van der Waals surface area contributed by atoms with E-state index in [2.05, 4.69) is 4.98 Å². The van der Waals surface area contributed by atoms with Crippen molar-refractivity contribution in [2.45, 2.75) is 58.5 Å². The lowest BCUT2D eigenvalue weighted by Gasteiger charge is -2.13. The van der Waals surface area contributed by atoms with E-state index in [4.69, 9.17) is 36.0 Å². The first-order chi connectivity index (χ1) is 22.3. The Kier molecular flexibility index (Phi) is 11.3. The maximum Gasteiger partial charge on any atom is 0.196 e. The summed E-state index contributed by atoms with van der Waals surface area (Å²) in [5.41, 5.74) is 5.38. The Morgan fingerprint density at radius 1 is 1.07 bits per heavy atom. The molecule has 0 fully saturated rings. The predicted octanol–water partition coefficient (Wildman–Crippen LogP) is 6.38. The van der Waals surface area contributed by atoms with E-state index in [9.17, 15) is 14.6 Å². The molecule has 2 heterocycles. The number of rotatable bonds is 16. The summed E-state index contributed by atoms with van der Waals surface area (Å²) in [4.78, 5) is 3.44. The molecule has 0 saturated carbocycles. The number of aliphatic hydroxyl groups excluding tert-OH is 3. The summed E-state index contributed by atoms with van der Waals surface area (Å²) in [6, 6.07) is 14.0. The summed E-state index contributed by atoms with van der Waals surface area (Å²) in [6.45, 7) is 4.66. The fraction of sp³-hybridized carbons (Fsp3) is 0.400. The largest absolute Gasteiger partial charge is 0.493 e. The normalized spacial score (nSPS) is 13.1. The molecule has 46 heavy (non-hydrogen) atoms. The minimum atomic E-state index is -1.18. The Balaban J connectivity index is 1.48. The number of aromatic amines is 1. The van der Waals surface area contributed by atoms with Gasteiger partial charge in [-0.05, 0) is 73.9 Å². The first kappa shape index (κ1) is 33.8. The molecule has 0 spiro atoms. The van der Waals surface area contributed by atoms with Gasteiger partial charge in [0.15, 0.2) is 6.29 Å². The van der Waals surface area contributed by atoms with E-state index in [1.165, 1.54) is 12.1 Å². The Labute approximate surface area is 272 Å². The third-order valence-electron chi connectivity index (χ3n) is 8.10. The number of nitrogens with one attached hydrogen (secondary N) is 1. The van der Waals surface area contributed by atoms with Crippen LogP contribution < -0.4 is 4.74 Å². The number of H-pyrrole nitrogens is 1. The highest BCUT2D eigenvalue weighted by atomic mass is 35.5. The molecule has 0 saturated heterocycles. The van der Waals surface area contributed by atoms with Crippen LogP contribution in [0, 0.1) is 5.82 Å². The molecule has 0 radical (unpaired) electrons. The molecule has 9 nitrogen and oxygen atoms in total. The Morgan fingerprint density at radius 2 is 1.87 bits per heavy atom. The lowest BCUT2D eigenvalue weighted by Crippen LogP contribution is -2.16. The molecule has 2 atom stereocenters. The minimum absolute atomic E-state index is 0.0606. The second-order valence-electron chi connectivity index (χ2n) is 11.2. The molecule has 3 aromatic carbocycles. The van der Waals surface area contributed by atoms with E-state index in [-0.39, 0.29) is 32.1 Å². The van der Waals surface area contributed by atoms with E-state index < -0.39 is 12.4 Å². The lowest BCUT2D eigenvalue weighted by atomic mass is 9.97. The summed E-state index contributed by atoms with van der Waals surface area (Å²) < 4.78 is 33.1. The standard InChI is InChI=1S/C35H41ClFN3O6/c1-4-29-32(28(39-40(29)3)20-44-19-23(42)15-16-41)31-27(36)14-13-26-25(34(38-33(26)31)35(43)45-5-2)9-7-17-46-30-10-6-8-21-18-22(37)11-12-24(21)30/h6,8,10-14,18,23,35,38,41-43H,4-5,7,9,15-17,19-20H2,1-3H3. The van der Waals surface area contributed by atoms with E-state index >= 15 is 0 Å². The number of ether oxygens (including phenoxy) is 3. The number of aryl methyl sites for hydroxylation is 2. The molecule has 11 heteroatoms. The summed E-state index contributed by atoms with van der Waals surface area (Å²) in [5, 5.41) is 38.0. The van der Waals surface area contributed by atoms with Crippen molar-refractivity contribution in [1.29, 1.82) is 0 Å². The second kappa shape index (κ2) is 15.4. The zero-order valence-electron chi connectivity index (χ0n) is 26.4. The van der Waals surface area contributed by atoms with Crippen LogP contribution in [0.3, 0.4) is 0 Å². The Bertz CT molecular complexity index is 1790. The average molecular weight is 654 g/mol. The zero-order chi connectivity index (χ0) is 32.8. The van der Waals surface area contributed by atoms with Crippen molar-refractivity contribution in [3.63, 3.8) is 0 Å². The number of hydrogen-bond donors (Lipinski definition) is 4. The van der Waals surface area contributed by atoms with Crippen LogP contribution in [0.1, 0.15) is 55.6 Å². The molecular formula is C35H41ClFN3O6. The van der Waals surface area contributed by atoms with Gasteiger partial charge in [-0.2, -0.15) is 5.10 Å². The molecule has 4 N–H and O–H groups in total. The smallest absolute Gasteiger partial charge is 0.196 e. The zero-order valence-corrected chi connectivity index (χ0v) is 27.1. The van der Waals surface area contributed by atoms with Gasteiger partial charge in [0.2, 0.25) is 0 Å². The minimum Gasteiger partial charge on any atom is -0.493 e. The number of benzene rings is 3. The first-order valence-corrected chi connectivity index (χ1v) is 16.0. The molecule has 2 aromatic heterocycles. The van der Waals surface area contributed by atoms with Gasteiger partial charge in [-0.25, -0.2) is 4.39 Å². The van der Waals surface area contributed by atoms with Crippen LogP contribution in [0.5, 0.6) is 5.75 Å². The highest BCUT2D eigenvalue weighted by molar-refractivity contribution is 6.35. The Hall–Kier alpha value is -3.51. The van der Waals surface area contributed by atoms with E-state index in [0.717, 1.165) is 44.1 Å². The van der Waals surface area contributed by atoms with Gasteiger partial charge >= 0.3 is 0 Å². The molecule has 0 amide bonds. The SMILES string of the molecule is CCOC(O)c1[nH]c2c(-c3c(COCC(O)CCO)nn(C)c3CC)c(Cl)ccc2c1CCCOc1cccc2cc(F)ccc12. The number of halogens is 2. The number of hydrogen-bond acceptors (Lipinski definition) is 7.